The zero-order valence-electron chi connectivity index (χ0n) is 13.8. The number of carbonyl (C=O) groups excluding carboxylic acids is 1. The lowest BCUT2D eigenvalue weighted by molar-refractivity contribution is -0.154. The maximum Gasteiger partial charge on any atom is 0.422 e. The van der Waals surface area contributed by atoms with Crippen LogP contribution in [0.15, 0.2) is 30.7 Å². The van der Waals surface area contributed by atoms with Gasteiger partial charge in [-0.25, -0.2) is 4.98 Å². The summed E-state index contributed by atoms with van der Waals surface area (Å²) in [7, 11) is 3.36. The highest BCUT2D eigenvalue weighted by Gasteiger charge is 2.28. The van der Waals surface area contributed by atoms with Crippen molar-refractivity contribution in [2.45, 2.75) is 12.2 Å². The summed E-state index contributed by atoms with van der Waals surface area (Å²) >= 11 is 0. The Morgan fingerprint density at radius 2 is 2.00 bits per heavy atom. The van der Waals surface area contributed by atoms with E-state index in [9.17, 15) is 18.0 Å². The van der Waals surface area contributed by atoms with Crippen LogP contribution in [0, 0.1) is 0 Å². The molecule has 1 atom stereocenters. The average molecular weight is 416 g/mol. The molecule has 0 spiro atoms. The van der Waals surface area contributed by atoms with E-state index in [1.165, 1.54) is 18.3 Å². The van der Waals surface area contributed by atoms with Crippen molar-refractivity contribution in [3.05, 3.63) is 36.3 Å². The van der Waals surface area contributed by atoms with Gasteiger partial charge in [-0.3, -0.25) is 9.48 Å². The van der Waals surface area contributed by atoms with Gasteiger partial charge in [0.25, 0.3) is 0 Å². The van der Waals surface area contributed by atoms with Crippen molar-refractivity contribution in [1.29, 1.82) is 0 Å². The molecule has 2 aromatic rings. The summed E-state index contributed by atoms with van der Waals surface area (Å²) in [5.74, 6) is -0.529. The fourth-order valence-corrected chi connectivity index (χ4v) is 1.95. The number of hydrogen-bond acceptors (Lipinski definition) is 5. The number of nitrogens with one attached hydrogen (secondary N) is 2. The van der Waals surface area contributed by atoms with Crippen molar-refractivity contribution in [1.82, 2.24) is 20.1 Å². The molecule has 2 aromatic heterocycles. The molecule has 1 amide bonds. The molecule has 0 saturated carbocycles. The molecule has 2 heterocycles. The monoisotopic (exact) mass is 415 g/mol. The van der Waals surface area contributed by atoms with Crippen molar-refractivity contribution in [3.63, 3.8) is 0 Å². The topological polar surface area (TPSA) is 81.1 Å². The minimum Gasteiger partial charge on any atom is -0.468 e. The molecule has 26 heavy (non-hydrogen) atoms. The maximum absolute atomic E-state index is 12.3. The quantitative estimate of drug-likeness (QED) is 0.757. The molecule has 2 N–H and O–H groups in total. The molecular weight excluding hydrogens is 398 g/mol. The Balaban J connectivity index is 0.00000312. The molecule has 2 rings (SSSR count). The molecule has 0 bridgehead atoms. The minimum absolute atomic E-state index is 0. The van der Waals surface area contributed by atoms with Crippen LogP contribution in [-0.2, 0) is 11.8 Å². The zero-order valence-corrected chi connectivity index (χ0v) is 15.4. The minimum atomic E-state index is -4.43. The number of amides is 1. The van der Waals surface area contributed by atoms with Crippen LogP contribution in [0.5, 0.6) is 5.88 Å². The van der Waals surface area contributed by atoms with Crippen LogP contribution in [0.2, 0.25) is 0 Å². The Morgan fingerprint density at radius 1 is 1.31 bits per heavy atom. The number of halogens is 5. The molecule has 12 heteroatoms. The van der Waals surface area contributed by atoms with Gasteiger partial charge in [0.2, 0.25) is 11.8 Å². The summed E-state index contributed by atoms with van der Waals surface area (Å²) in [5, 5.41) is 9.49. The number of pyridine rings is 1. The van der Waals surface area contributed by atoms with Crippen LogP contribution in [0.3, 0.4) is 0 Å². The van der Waals surface area contributed by atoms with Gasteiger partial charge in [0.1, 0.15) is 6.04 Å². The lowest BCUT2D eigenvalue weighted by Crippen LogP contribution is -2.30. The summed E-state index contributed by atoms with van der Waals surface area (Å²) in [4.78, 5) is 16.0. The van der Waals surface area contributed by atoms with Gasteiger partial charge in [0, 0.05) is 24.9 Å². The van der Waals surface area contributed by atoms with E-state index in [0.717, 1.165) is 0 Å². The van der Waals surface area contributed by atoms with E-state index in [0.29, 0.717) is 11.3 Å². The summed E-state index contributed by atoms with van der Waals surface area (Å²) in [6, 6.07) is 2.03. The first-order valence-corrected chi connectivity index (χ1v) is 6.91. The van der Waals surface area contributed by atoms with Crippen LogP contribution in [0.25, 0.3) is 0 Å². The highest BCUT2D eigenvalue weighted by atomic mass is 35.5. The van der Waals surface area contributed by atoms with E-state index in [1.807, 2.05) is 0 Å². The molecule has 146 valence electrons. The second-order valence-electron chi connectivity index (χ2n) is 4.95. The number of ether oxygens (including phenoxy) is 1. The first-order chi connectivity index (χ1) is 11.3. The fraction of sp³-hybridized carbons (Fsp3) is 0.357. The van der Waals surface area contributed by atoms with Gasteiger partial charge in [-0.1, -0.05) is 0 Å². The number of aryl methyl sites for hydroxylation is 1. The maximum atomic E-state index is 12.3. The van der Waals surface area contributed by atoms with E-state index in [-0.39, 0.29) is 36.6 Å². The molecule has 0 aliphatic rings. The first kappa shape index (κ1) is 24.0. The molecule has 0 aliphatic heterocycles. The molecule has 1 unspecified atom stereocenters. The highest BCUT2D eigenvalue weighted by molar-refractivity contribution is 5.95. The number of hydrogen-bond donors (Lipinski definition) is 2. The first-order valence-electron chi connectivity index (χ1n) is 6.91. The Kier molecular flexibility index (Phi) is 9.39. The Bertz CT molecular complexity index is 695. The third kappa shape index (κ3) is 7.06. The highest BCUT2D eigenvalue weighted by Crippen LogP contribution is 2.19. The largest absolute Gasteiger partial charge is 0.468 e. The van der Waals surface area contributed by atoms with Crippen LogP contribution < -0.4 is 15.4 Å². The second-order valence-corrected chi connectivity index (χ2v) is 4.95. The third-order valence-corrected chi connectivity index (χ3v) is 3.00. The van der Waals surface area contributed by atoms with E-state index < -0.39 is 18.8 Å². The summed E-state index contributed by atoms with van der Waals surface area (Å²) < 4.78 is 42.2. The smallest absolute Gasteiger partial charge is 0.422 e. The average Bonchev–Trinajstić information content (AvgIpc) is 2.93. The van der Waals surface area contributed by atoms with Gasteiger partial charge in [-0.2, -0.15) is 18.3 Å². The number of anilines is 1. The standard InChI is InChI=1S/C14H16F3N5O2.2ClH/c1-18-12(9-5-20-22(2)7-9)13(23)21-10-3-4-11(19-6-10)24-8-14(15,16)17;;/h3-7,12,18H,8H2,1-2H3,(H,21,23);2*1H. The molecule has 0 fully saturated rings. The van der Waals surface area contributed by atoms with Crippen LogP contribution >= 0.6 is 24.8 Å². The Hall–Kier alpha value is -2.04. The lowest BCUT2D eigenvalue weighted by Gasteiger charge is -2.14. The van der Waals surface area contributed by atoms with E-state index in [4.69, 9.17) is 0 Å². The summed E-state index contributed by atoms with van der Waals surface area (Å²) in [6.45, 7) is -1.42. The zero-order chi connectivity index (χ0) is 17.7. The van der Waals surface area contributed by atoms with Gasteiger partial charge in [-0.05, 0) is 13.1 Å². The summed E-state index contributed by atoms with van der Waals surface area (Å²) in [5.41, 5.74) is 1.01. The van der Waals surface area contributed by atoms with Crippen LogP contribution in [0.1, 0.15) is 11.6 Å². The van der Waals surface area contributed by atoms with Crippen molar-refractivity contribution in [2.75, 3.05) is 19.0 Å². The second kappa shape index (κ2) is 10.2. The molecule has 0 aromatic carbocycles. The summed E-state index contributed by atoms with van der Waals surface area (Å²) in [6.07, 6.45) is 0.0536. The number of aromatic nitrogens is 3. The Labute approximate surface area is 160 Å². The van der Waals surface area contributed by atoms with Crippen molar-refractivity contribution in [3.8, 4) is 5.88 Å². The van der Waals surface area contributed by atoms with Crippen molar-refractivity contribution >= 4 is 36.4 Å². The van der Waals surface area contributed by atoms with Gasteiger partial charge in [-0.15, -0.1) is 24.8 Å². The number of carbonyl (C=O) groups is 1. The molecule has 0 radical (unpaired) electrons. The van der Waals surface area contributed by atoms with Gasteiger partial charge < -0.3 is 15.4 Å². The van der Waals surface area contributed by atoms with Gasteiger partial charge >= 0.3 is 6.18 Å². The molecule has 0 saturated heterocycles. The predicted molar refractivity (Wildman–Crippen MR) is 93.9 cm³/mol. The molecular formula is C14H18Cl2F3N5O2. The number of nitrogens with zero attached hydrogens (tertiary/aromatic N) is 3. The van der Waals surface area contributed by atoms with E-state index >= 15 is 0 Å². The van der Waals surface area contributed by atoms with E-state index in [1.54, 1.807) is 31.2 Å². The van der Waals surface area contributed by atoms with Gasteiger partial charge in [0.15, 0.2) is 6.61 Å². The number of alkyl halides is 3. The molecule has 7 nitrogen and oxygen atoms in total. The number of rotatable bonds is 6. The number of likely N-dealkylation sites (N-methyl/N-ethyl adjacent to an activating group) is 1. The predicted octanol–water partition coefficient (Wildman–Crippen LogP) is 2.50. The SMILES string of the molecule is CNC(C(=O)Nc1ccc(OCC(F)(F)F)nc1)c1cnn(C)c1.Cl.Cl. The van der Waals surface area contributed by atoms with Crippen LogP contribution in [0.4, 0.5) is 18.9 Å². The van der Waals surface area contributed by atoms with Crippen molar-refractivity contribution in [2.24, 2.45) is 7.05 Å². The molecule has 0 aliphatic carbocycles. The third-order valence-electron chi connectivity index (χ3n) is 3.00. The van der Waals surface area contributed by atoms with E-state index in [2.05, 4.69) is 25.5 Å². The normalized spacial score (nSPS) is 11.7. The van der Waals surface area contributed by atoms with Crippen LogP contribution in [-0.4, -0.2) is 40.5 Å². The fourth-order valence-electron chi connectivity index (χ4n) is 1.95. The van der Waals surface area contributed by atoms with Gasteiger partial charge in [0.05, 0.1) is 18.1 Å². The lowest BCUT2D eigenvalue weighted by atomic mass is 10.1. The Morgan fingerprint density at radius 3 is 2.46 bits per heavy atom. The van der Waals surface area contributed by atoms with Crippen molar-refractivity contribution < 1.29 is 22.7 Å².